The average Bonchev–Trinajstić information content (AvgIpc) is 2.16. The van der Waals surface area contributed by atoms with E-state index in [9.17, 15) is 5.11 Å². The summed E-state index contributed by atoms with van der Waals surface area (Å²) >= 11 is 0. The van der Waals surface area contributed by atoms with Crippen LogP contribution in [-0.4, -0.2) is 11.2 Å². The van der Waals surface area contributed by atoms with Crippen LogP contribution in [0.25, 0.3) is 0 Å². The molecule has 0 unspecified atom stereocenters. The van der Waals surface area contributed by atoms with Crippen molar-refractivity contribution in [3.8, 4) is 0 Å². The second-order valence-corrected chi connectivity index (χ2v) is 5.15. The Hall–Kier alpha value is -0.300. The highest BCUT2D eigenvalue weighted by Gasteiger charge is 2.46. The molecule has 1 nitrogen and oxygen atoms in total. The lowest BCUT2D eigenvalue weighted by molar-refractivity contribution is 0.00602. The summed E-state index contributed by atoms with van der Waals surface area (Å²) in [5, 5.41) is 9.89. The smallest absolute Gasteiger partial charge is 0.0611 e. The molecule has 3 atom stereocenters. The van der Waals surface area contributed by atoms with Crippen LogP contribution >= 0.6 is 0 Å². The Morgan fingerprint density at radius 1 is 1.31 bits per heavy atom. The van der Waals surface area contributed by atoms with Gasteiger partial charge in [-0.1, -0.05) is 18.1 Å². The summed E-state index contributed by atoms with van der Waals surface area (Å²) in [6, 6.07) is 0. The monoisotopic (exact) mass is 178 g/mol. The van der Waals surface area contributed by atoms with Crippen LogP contribution in [0.15, 0.2) is 11.6 Å². The molecule has 2 saturated carbocycles. The van der Waals surface area contributed by atoms with E-state index in [-0.39, 0.29) is 6.10 Å². The maximum Gasteiger partial charge on any atom is 0.0611 e. The van der Waals surface area contributed by atoms with Crippen LogP contribution in [0.1, 0.15) is 44.9 Å². The molecule has 0 aromatic rings. The number of aliphatic hydroxyl groups is 1. The van der Waals surface area contributed by atoms with Crippen molar-refractivity contribution in [2.24, 2.45) is 11.3 Å². The average molecular weight is 178 g/mol. The highest BCUT2D eigenvalue weighted by molar-refractivity contribution is 5.26. The normalized spacial score (nSPS) is 48.5. The van der Waals surface area contributed by atoms with Crippen molar-refractivity contribution in [3.63, 3.8) is 0 Å². The van der Waals surface area contributed by atoms with Gasteiger partial charge in [-0.2, -0.15) is 0 Å². The Kier molecular flexibility index (Phi) is 1.61. The molecule has 72 valence electrons. The number of fused-ring (bicyclic) bond motifs is 2. The molecule has 4 aliphatic carbocycles. The summed E-state index contributed by atoms with van der Waals surface area (Å²) in [5.41, 5.74) is 2.17. The van der Waals surface area contributed by atoms with Gasteiger partial charge in [-0.05, 0) is 43.9 Å². The Morgan fingerprint density at radius 2 is 2.23 bits per heavy atom. The number of allylic oxidation sites excluding steroid dienone is 1. The van der Waals surface area contributed by atoms with Gasteiger partial charge in [-0.25, -0.2) is 0 Å². The van der Waals surface area contributed by atoms with Crippen molar-refractivity contribution >= 4 is 0 Å². The van der Waals surface area contributed by atoms with E-state index in [1.54, 1.807) is 5.57 Å². The summed E-state index contributed by atoms with van der Waals surface area (Å²) in [6.45, 7) is 0. The fourth-order valence-corrected chi connectivity index (χ4v) is 3.73. The second-order valence-electron chi connectivity index (χ2n) is 5.15. The standard InChI is InChI=1S/C12H18O/c13-11-8-12-5-2-1-3-10(12)7-9(11)4-6-12/h7,9,11,13H,1-6,8H2/t9-,11-,12-/m0/s1. The van der Waals surface area contributed by atoms with E-state index in [4.69, 9.17) is 0 Å². The molecule has 1 heteroatoms. The van der Waals surface area contributed by atoms with Crippen LogP contribution in [-0.2, 0) is 0 Å². The summed E-state index contributed by atoms with van der Waals surface area (Å²) < 4.78 is 0. The molecule has 13 heavy (non-hydrogen) atoms. The van der Waals surface area contributed by atoms with Crippen LogP contribution in [0.5, 0.6) is 0 Å². The van der Waals surface area contributed by atoms with E-state index in [0.717, 1.165) is 6.42 Å². The fourth-order valence-electron chi connectivity index (χ4n) is 3.73. The first-order valence-corrected chi connectivity index (χ1v) is 5.69. The molecule has 2 fully saturated rings. The first-order valence-electron chi connectivity index (χ1n) is 5.69. The lowest BCUT2D eigenvalue weighted by Crippen LogP contribution is -2.43. The van der Waals surface area contributed by atoms with Crippen molar-refractivity contribution in [3.05, 3.63) is 11.6 Å². The first kappa shape index (κ1) is 8.05. The minimum Gasteiger partial charge on any atom is -0.392 e. The van der Waals surface area contributed by atoms with Gasteiger partial charge in [-0.3, -0.25) is 0 Å². The van der Waals surface area contributed by atoms with E-state index in [1.807, 2.05) is 0 Å². The molecule has 0 aromatic carbocycles. The molecule has 1 N–H and O–H groups in total. The molecule has 4 aliphatic rings. The fraction of sp³-hybridized carbons (Fsp3) is 0.833. The lowest BCUT2D eigenvalue weighted by atomic mass is 9.55. The van der Waals surface area contributed by atoms with E-state index in [0.29, 0.717) is 11.3 Å². The minimum absolute atomic E-state index is 0.0180. The van der Waals surface area contributed by atoms with Gasteiger partial charge in [0.1, 0.15) is 0 Å². The van der Waals surface area contributed by atoms with Crippen molar-refractivity contribution in [1.82, 2.24) is 0 Å². The number of hydrogen-bond acceptors (Lipinski definition) is 1. The number of rotatable bonds is 0. The largest absolute Gasteiger partial charge is 0.392 e. The van der Waals surface area contributed by atoms with Gasteiger partial charge in [0.15, 0.2) is 0 Å². The predicted octanol–water partition coefficient (Wildman–Crippen LogP) is 2.65. The van der Waals surface area contributed by atoms with Crippen molar-refractivity contribution in [2.45, 2.75) is 51.0 Å². The van der Waals surface area contributed by atoms with E-state index >= 15 is 0 Å². The van der Waals surface area contributed by atoms with E-state index < -0.39 is 0 Å². The van der Waals surface area contributed by atoms with Crippen LogP contribution < -0.4 is 0 Å². The van der Waals surface area contributed by atoms with Crippen LogP contribution in [0, 0.1) is 11.3 Å². The van der Waals surface area contributed by atoms with Gasteiger partial charge in [0, 0.05) is 5.92 Å². The van der Waals surface area contributed by atoms with Crippen molar-refractivity contribution < 1.29 is 5.11 Å². The Morgan fingerprint density at radius 3 is 3.08 bits per heavy atom. The van der Waals surface area contributed by atoms with Crippen LogP contribution in [0.2, 0.25) is 0 Å². The molecule has 0 saturated heterocycles. The third-order valence-electron chi connectivity index (χ3n) is 4.50. The molecule has 4 rings (SSSR count). The van der Waals surface area contributed by atoms with Crippen LogP contribution in [0.3, 0.4) is 0 Å². The van der Waals surface area contributed by atoms with Gasteiger partial charge in [0.2, 0.25) is 0 Å². The topological polar surface area (TPSA) is 20.2 Å². The zero-order chi connectivity index (χ0) is 8.89. The van der Waals surface area contributed by atoms with Crippen molar-refractivity contribution in [2.75, 3.05) is 0 Å². The quantitative estimate of drug-likeness (QED) is 0.565. The summed E-state index contributed by atoms with van der Waals surface area (Å²) in [4.78, 5) is 0. The molecular weight excluding hydrogens is 160 g/mol. The zero-order valence-electron chi connectivity index (χ0n) is 8.13. The predicted molar refractivity (Wildman–Crippen MR) is 52.3 cm³/mol. The zero-order valence-corrected chi connectivity index (χ0v) is 8.13. The Bertz CT molecular complexity index is 256. The van der Waals surface area contributed by atoms with E-state index in [1.165, 1.54) is 38.5 Å². The number of hydrogen-bond donors (Lipinski definition) is 1. The maximum absolute atomic E-state index is 9.89. The van der Waals surface area contributed by atoms with Gasteiger partial charge in [0.25, 0.3) is 0 Å². The molecule has 0 aromatic heterocycles. The second kappa shape index (κ2) is 2.60. The third kappa shape index (κ3) is 1.03. The Labute approximate surface area is 79.8 Å². The summed E-state index contributed by atoms with van der Waals surface area (Å²) in [5.74, 6) is 0.509. The Balaban J connectivity index is 2.01. The SMILES string of the molecule is O[C@H]1C[C@@]23CCCCC2=C[C@@H]1CC3. The summed E-state index contributed by atoms with van der Waals surface area (Å²) in [6.07, 6.45) is 11.5. The van der Waals surface area contributed by atoms with E-state index in [2.05, 4.69) is 6.08 Å². The van der Waals surface area contributed by atoms with Gasteiger partial charge in [0.05, 0.1) is 6.10 Å². The molecule has 0 amide bonds. The maximum atomic E-state index is 9.89. The minimum atomic E-state index is -0.0180. The molecular formula is C12H18O. The van der Waals surface area contributed by atoms with Crippen molar-refractivity contribution in [1.29, 1.82) is 0 Å². The number of aliphatic hydroxyl groups excluding tert-OH is 1. The molecule has 1 spiro atoms. The third-order valence-corrected chi connectivity index (χ3v) is 4.50. The molecule has 0 aliphatic heterocycles. The highest BCUT2D eigenvalue weighted by Crippen LogP contribution is 2.56. The lowest BCUT2D eigenvalue weighted by Gasteiger charge is -2.51. The van der Waals surface area contributed by atoms with Gasteiger partial charge >= 0.3 is 0 Å². The molecule has 0 heterocycles. The summed E-state index contributed by atoms with van der Waals surface area (Å²) in [7, 11) is 0. The highest BCUT2D eigenvalue weighted by atomic mass is 16.3. The molecule has 2 bridgehead atoms. The van der Waals surface area contributed by atoms with Crippen LogP contribution in [0.4, 0.5) is 0 Å². The van der Waals surface area contributed by atoms with Gasteiger partial charge in [-0.15, -0.1) is 0 Å². The molecule has 0 radical (unpaired) electrons. The van der Waals surface area contributed by atoms with Gasteiger partial charge < -0.3 is 5.11 Å². The first-order chi connectivity index (χ1) is 6.30.